The number of halogens is 5. The van der Waals surface area contributed by atoms with Crippen LogP contribution in [0.4, 0.5) is 23.4 Å². The van der Waals surface area contributed by atoms with Crippen molar-refractivity contribution < 1.29 is 22.4 Å². The number of carbonyl (C=O) groups excluding carboxylic acids is 1. The van der Waals surface area contributed by atoms with Gasteiger partial charge >= 0.3 is 6.18 Å². The SMILES string of the molecule is C[C@H]1CN(c2ccc(C(F)(F)F)c(CF)n2)C(=O)c2c(I)cnn21.S. The lowest BCUT2D eigenvalue weighted by molar-refractivity contribution is -0.138. The second-order valence-corrected chi connectivity index (χ2v) is 6.51. The van der Waals surface area contributed by atoms with Crippen LogP contribution in [-0.4, -0.2) is 27.2 Å². The van der Waals surface area contributed by atoms with Gasteiger partial charge in [0.05, 0.1) is 27.1 Å². The van der Waals surface area contributed by atoms with Gasteiger partial charge in [0.1, 0.15) is 18.2 Å². The lowest BCUT2D eigenvalue weighted by Gasteiger charge is -2.31. The predicted octanol–water partition coefficient (Wildman–Crippen LogP) is 3.71. The van der Waals surface area contributed by atoms with Gasteiger partial charge in [-0.25, -0.2) is 9.37 Å². The number of fused-ring (bicyclic) bond motifs is 1. The maximum atomic E-state index is 13.0. The number of hydrogen-bond donors (Lipinski definition) is 0. The maximum absolute atomic E-state index is 13.0. The van der Waals surface area contributed by atoms with Gasteiger partial charge in [0.15, 0.2) is 0 Å². The van der Waals surface area contributed by atoms with Crippen molar-refractivity contribution in [1.82, 2.24) is 14.8 Å². The molecule has 0 aliphatic carbocycles. The highest BCUT2D eigenvalue weighted by molar-refractivity contribution is 14.1. The molecule has 3 rings (SSSR count). The van der Waals surface area contributed by atoms with Gasteiger partial charge in [-0.3, -0.25) is 14.4 Å². The number of carbonyl (C=O) groups is 1. The van der Waals surface area contributed by atoms with E-state index in [4.69, 9.17) is 0 Å². The van der Waals surface area contributed by atoms with Crippen molar-refractivity contribution in [1.29, 1.82) is 0 Å². The number of alkyl halides is 4. The third kappa shape index (κ3) is 3.48. The van der Waals surface area contributed by atoms with Gasteiger partial charge in [0.25, 0.3) is 5.91 Å². The van der Waals surface area contributed by atoms with Crippen LogP contribution >= 0.6 is 36.1 Å². The summed E-state index contributed by atoms with van der Waals surface area (Å²) < 4.78 is 53.8. The van der Waals surface area contributed by atoms with E-state index in [2.05, 4.69) is 10.1 Å². The Morgan fingerprint density at radius 2 is 2.04 bits per heavy atom. The minimum atomic E-state index is -4.69. The quantitative estimate of drug-likeness (QED) is 0.479. The van der Waals surface area contributed by atoms with Gasteiger partial charge in [-0.05, 0) is 41.6 Å². The molecule has 0 spiro atoms. The molecule has 0 saturated heterocycles. The largest absolute Gasteiger partial charge is 0.418 e. The number of pyridine rings is 1. The molecule has 2 aromatic heterocycles. The van der Waals surface area contributed by atoms with E-state index in [9.17, 15) is 22.4 Å². The lowest BCUT2D eigenvalue weighted by atomic mass is 10.1. The zero-order valence-electron chi connectivity index (χ0n) is 12.8. The molecule has 0 radical (unpaired) electrons. The first-order valence-electron chi connectivity index (χ1n) is 6.92. The van der Waals surface area contributed by atoms with E-state index in [0.29, 0.717) is 9.26 Å². The van der Waals surface area contributed by atoms with Crippen molar-refractivity contribution in [3.05, 3.63) is 38.9 Å². The number of amides is 1. The fraction of sp³-hybridized carbons (Fsp3) is 0.357. The maximum Gasteiger partial charge on any atom is 0.418 e. The summed E-state index contributed by atoms with van der Waals surface area (Å²) in [5, 5.41) is 4.13. The van der Waals surface area contributed by atoms with Crippen LogP contribution in [0.25, 0.3) is 0 Å². The third-order valence-corrected chi connectivity index (χ3v) is 4.52. The molecule has 3 heterocycles. The highest BCUT2D eigenvalue weighted by Gasteiger charge is 2.37. The summed E-state index contributed by atoms with van der Waals surface area (Å²) in [5.41, 5.74) is -1.52. The Morgan fingerprint density at radius 1 is 1.36 bits per heavy atom. The van der Waals surface area contributed by atoms with E-state index < -0.39 is 30.0 Å². The summed E-state index contributed by atoms with van der Waals surface area (Å²) in [6.45, 7) is 0.648. The van der Waals surface area contributed by atoms with Crippen molar-refractivity contribution in [2.75, 3.05) is 11.4 Å². The highest BCUT2D eigenvalue weighted by atomic mass is 127. The molecule has 25 heavy (non-hydrogen) atoms. The van der Waals surface area contributed by atoms with Gasteiger partial charge in [-0.1, -0.05) is 0 Å². The molecule has 1 aliphatic heterocycles. The molecule has 0 saturated carbocycles. The molecule has 0 aromatic carbocycles. The van der Waals surface area contributed by atoms with E-state index in [0.717, 1.165) is 12.1 Å². The normalized spacial score (nSPS) is 17.3. The Bertz CT molecular complexity index is 811. The molecular formula is C14H13F4IN4OS. The van der Waals surface area contributed by atoms with Gasteiger partial charge in [0, 0.05) is 6.54 Å². The topological polar surface area (TPSA) is 51.0 Å². The zero-order valence-corrected chi connectivity index (χ0v) is 16.0. The average Bonchev–Trinajstić information content (AvgIpc) is 2.92. The van der Waals surface area contributed by atoms with Crippen LogP contribution in [0, 0.1) is 3.57 Å². The number of aromatic nitrogens is 3. The van der Waals surface area contributed by atoms with Crippen LogP contribution < -0.4 is 4.90 Å². The summed E-state index contributed by atoms with van der Waals surface area (Å²) >= 11 is 1.96. The highest BCUT2D eigenvalue weighted by Crippen LogP contribution is 2.34. The lowest BCUT2D eigenvalue weighted by Crippen LogP contribution is -2.43. The monoisotopic (exact) mass is 488 g/mol. The van der Waals surface area contributed by atoms with Crippen LogP contribution in [0.5, 0.6) is 0 Å². The van der Waals surface area contributed by atoms with E-state index in [1.807, 2.05) is 29.5 Å². The fourth-order valence-corrected chi connectivity index (χ4v) is 3.23. The molecule has 5 nitrogen and oxygen atoms in total. The number of nitrogens with zero attached hydrogens (tertiary/aromatic N) is 4. The van der Waals surface area contributed by atoms with Crippen molar-refractivity contribution in [3.8, 4) is 0 Å². The molecule has 136 valence electrons. The Morgan fingerprint density at radius 3 is 2.64 bits per heavy atom. The molecule has 2 aromatic rings. The van der Waals surface area contributed by atoms with Crippen molar-refractivity contribution >= 4 is 47.8 Å². The number of anilines is 1. The first-order chi connectivity index (χ1) is 11.2. The molecule has 0 unspecified atom stereocenters. The summed E-state index contributed by atoms with van der Waals surface area (Å²) in [6, 6.07) is 1.66. The standard InChI is InChI=1S/C14H11F4IN4O.H2S/c1-7-6-22(13(24)12-9(19)5-20-23(7)12)11-3-2-8(14(16,17)18)10(4-15)21-11;/h2-3,5,7H,4,6H2,1H3;1H2/t7-;/m0./s1. The van der Waals surface area contributed by atoms with Gasteiger partial charge < -0.3 is 0 Å². The van der Waals surface area contributed by atoms with E-state index >= 15 is 0 Å². The Hall–Kier alpha value is -1.37. The molecule has 1 aliphatic rings. The van der Waals surface area contributed by atoms with E-state index in [-0.39, 0.29) is 31.9 Å². The van der Waals surface area contributed by atoms with Gasteiger partial charge in [-0.15, -0.1) is 0 Å². The van der Waals surface area contributed by atoms with Crippen LogP contribution in [-0.2, 0) is 12.9 Å². The average molecular weight is 488 g/mol. The van der Waals surface area contributed by atoms with Gasteiger partial charge in [0.2, 0.25) is 0 Å². The summed E-state index contributed by atoms with van der Waals surface area (Å²) in [7, 11) is 0. The van der Waals surface area contributed by atoms with Crippen molar-refractivity contribution in [2.24, 2.45) is 0 Å². The number of rotatable bonds is 2. The van der Waals surface area contributed by atoms with E-state index in [1.54, 1.807) is 10.9 Å². The fourth-order valence-electron chi connectivity index (χ4n) is 2.63. The third-order valence-electron chi connectivity index (χ3n) is 3.73. The Kier molecular flexibility index (Phi) is 5.66. The first kappa shape index (κ1) is 19.9. The second-order valence-electron chi connectivity index (χ2n) is 5.35. The van der Waals surface area contributed by atoms with Crippen LogP contribution in [0.2, 0.25) is 0 Å². The molecular weight excluding hydrogens is 475 g/mol. The molecule has 1 atom stereocenters. The van der Waals surface area contributed by atoms with Gasteiger partial charge in [-0.2, -0.15) is 31.8 Å². The molecule has 11 heteroatoms. The second kappa shape index (κ2) is 7.09. The van der Waals surface area contributed by atoms with E-state index in [1.165, 1.54) is 4.90 Å². The Labute approximate surface area is 161 Å². The summed E-state index contributed by atoms with van der Waals surface area (Å²) in [5.74, 6) is -0.428. The zero-order chi connectivity index (χ0) is 17.6. The predicted molar refractivity (Wildman–Crippen MR) is 95.8 cm³/mol. The van der Waals surface area contributed by atoms with Crippen LogP contribution in [0.3, 0.4) is 0 Å². The van der Waals surface area contributed by atoms with Crippen molar-refractivity contribution in [2.45, 2.75) is 25.8 Å². The molecule has 0 bridgehead atoms. The molecule has 0 fully saturated rings. The molecule has 0 N–H and O–H groups in total. The van der Waals surface area contributed by atoms with Crippen LogP contribution in [0.15, 0.2) is 18.3 Å². The summed E-state index contributed by atoms with van der Waals surface area (Å²) in [4.78, 5) is 17.6. The first-order valence-corrected chi connectivity index (χ1v) is 8.00. The Balaban J connectivity index is 0.00000225. The minimum absolute atomic E-state index is 0. The molecule has 1 amide bonds. The number of hydrogen-bond acceptors (Lipinski definition) is 3. The van der Waals surface area contributed by atoms with Crippen LogP contribution in [0.1, 0.15) is 34.7 Å². The minimum Gasteiger partial charge on any atom is -0.289 e. The van der Waals surface area contributed by atoms with Crippen molar-refractivity contribution in [3.63, 3.8) is 0 Å². The summed E-state index contributed by atoms with van der Waals surface area (Å²) in [6.07, 6.45) is -3.15. The smallest absolute Gasteiger partial charge is 0.289 e.